The van der Waals surface area contributed by atoms with Gasteiger partial charge in [-0.3, -0.25) is 0 Å². The monoisotopic (exact) mass is 224 g/mol. The van der Waals surface area contributed by atoms with Crippen LogP contribution in [0.4, 0.5) is 0 Å². The van der Waals surface area contributed by atoms with Gasteiger partial charge in [0.05, 0.1) is 0 Å². The molecule has 0 aromatic heterocycles. The quantitative estimate of drug-likeness (QED) is 0.770. The Labute approximate surface area is 100 Å². The molecule has 0 aromatic rings. The molecule has 0 saturated heterocycles. The van der Waals surface area contributed by atoms with E-state index < -0.39 is 0 Å². The van der Waals surface area contributed by atoms with Crippen molar-refractivity contribution in [3.8, 4) is 0 Å². The van der Waals surface area contributed by atoms with E-state index in [0.717, 1.165) is 24.3 Å². The third-order valence-electron chi connectivity index (χ3n) is 4.76. The van der Waals surface area contributed by atoms with Gasteiger partial charge in [0.1, 0.15) is 0 Å². The smallest absolute Gasteiger partial charge is 0.0162 e. The van der Waals surface area contributed by atoms with Crippen LogP contribution in [0.15, 0.2) is 0 Å². The van der Waals surface area contributed by atoms with Gasteiger partial charge in [0.15, 0.2) is 0 Å². The average molecular weight is 224 g/mol. The van der Waals surface area contributed by atoms with Crippen LogP contribution in [0, 0.1) is 17.8 Å². The van der Waals surface area contributed by atoms with E-state index in [1.807, 2.05) is 0 Å². The van der Waals surface area contributed by atoms with E-state index in [9.17, 15) is 0 Å². The number of hydrogen-bond acceptors (Lipinski definition) is 2. The molecular weight excluding hydrogens is 196 g/mol. The van der Waals surface area contributed by atoms with Crippen molar-refractivity contribution < 1.29 is 0 Å². The molecule has 2 heteroatoms. The summed E-state index contributed by atoms with van der Waals surface area (Å²) in [6.07, 6.45) is 10.4. The summed E-state index contributed by atoms with van der Waals surface area (Å²) in [7, 11) is 0. The summed E-state index contributed by atoms with van der Waals surface area (Å²) in [5.74, 6) is 3.06. The Balaban J connectivity index is 1.72. The molecule has 2 nitrogen and oxygen atoms in total. The van der Waals surface area contributed by atoms with Crippen molar-refractivity contribution in [2.45, 2.75) is 57.9 Å². The minimum absolute atomic E-state index is 0.490. The predicted octanol–water partition coefficient (Wildman–Crippen LogP) is 2.53. The summed E-state index contributed by atoms with van der Waals surface area (Å²) in [4.78, 5) is 0. The van der Waals surface area contributed by atoms with Crippen molar-refractivity contribution in [1.29, 1.82) is 0 Å². The van der Waals surface area contributed by atoms with Gasteiger partial charge in [0, 0.05) is 12.6 Å². The Bertz CT molecular complexity index is 205. The van der Waals surface area contributed by atoms with Crippen LogP contribution >= 0.6 is 0 Å². The largest absolute Gasteiger partial charge is 0.329 e. The number of nitrogens with one attached hydrogen (secondary N) is 1. The molecule has 3 N–H and O–H groups in total. The second-order valence-electron chi connectivity index (χ2n) is 6.03. The van der Waals surface area contributed by atoms with Crippen LogP contribution in [0.2, 0.25) is 0 Å². The van der Waals surface area contributed by atoms with Crippen LogP contribution in [0.1, 0.15) is 51.9 Å². The summed E-state index contributed by atoms with van der Waals surface area (Å²) >= 11 is 0. The summed E-state index contributed by atoms with van der Waals surface area (Å²) in [5.41, 5.74) is 5.63. The fourth-order valence-electron chi connectivity index (χ4n) is 3.61. The van der Waals surface area contributed by atoms with Crippen LogP contribution in [-0.4, -0.2) is 19.1 Å². The van der Waals surface area contributed by atoms with Gasteiger partial charge in [-0.15, -0.1) is 0 Å². The van der Waals surface area contributed by atoms with E-state index in [4.69, 9.17) is 5.73 Å². The van der Waals surface area contributed by atoms with E-state index in [1.54, 1.807) is 0 Å². The Morgan fingerprint density at radius 3 is 2.62 bits per heavy atom. The summed E-state index contributed by atoms with van der Waals surface area (Å²) in [5, 5.41) is 3.57. The van der Waals surface area contributed by atoms with Gasteiger partial charge in [-0.05, 0) is 50.5 Å². The summed E-state index contributed by atoms with van der Waals surface area (Å²) < 4.78 is 0. The first-order chi connectivity index (χ1) is 7.79. The van der Waals surface area contributed by atoms with Gasteiger partial charge in [-0.25, -0.2) is 0 Å². The molecule has 2 saturated carbocycles. The molecule has 0 spiro atoms. The van der Waals surface area contributed by atoms with E-state index >= 15 is 0 Å². The lowest BCUT2D eigenvalue weighted by atomic mass is 9.67. The second-order valence-corrected chi connectivity index (χ2v) is 6.03. The summed E-state index contributed by atoms with van der Waals surface area (Å²) in [6.45, 7) is 4.15. The SMILES string of the molecule is C[C@H](CN)NCC1CCC2CCCCC2C1. The number of nitrogens with two attached hydrogens (primary N) is 1. The molecule has 0 bridgehead atoms. The van der Waals surface area contributed by atoms with Crippen molar-refractivity contribution in [1.82, 2.24) is 5.32 Å². The Morgan fingerprint density at radius 1 is 1.12 bits per heavy atom. The molecule has 16 heavy (non-hydrogen) atoms. The Morgan fingerprint density at radius 2 is 1.88 bits per heavy atom. The van der Waals surface area contributed by atoms with Crippen molar-refractivity contribution in [2.24, 2.45) is 23.5 Å². The van der Waals surface area contributed by atoms with Gasteiger partial charge in [-0.2, -0.15) is 0 Å². The lowest BCUT2D eigenvalue weighted by Gasteiger charge is -2.39. The Hall–Kier alpha value is -0.0800. The van der Waals surface area contributed by atoms with Gasteiger partial charge < -0.3 is 11.1 Å². The molecule has 0 aliphatic heterocycles. The first-order valence-electron chi connectivity index (χ1n) is 7.23. The molecule has 2 aliphatic carbocycles. The number of hydrogen-bond donors (Lipinski definition) is 2. The maximum Gasteiger partial charge on any atom is 0.0162 e. The predicted molar refractivity (Wildman–Crippen MR) is 69.3 cm³/mol. The van der Waals surface area contributed by atoms with E-state index in [1.165, 1.54) is 51.5 Å². The van der Waals surface area contributed by atoms with Crippen molar-refractivity contribution in [3.05, 3.63) is 0 Å². The topological polar surface area (TPSA) is 38.0 Å². The third kappa shape index (κ3) is 3.21. The zero-order valence-corrected chi connectivity index (χ0v) is 10.8. The van der Waals surface area contributed by atoms with E-state index in [0.29, 0.717) is 6.04 Å². The summed E-state index contributed by atoms with van der Waals surface area (Å²) in [6, 6.07) is 0.490. The second kappa shape index (κ2) is 6.02. The number of rotatable bonds is 4. The van der Waals surface area contributed by atoms with Gasteiger partial charge in [0.2, 0.25) is 0 Å². The molecule has 2 fully saturated rings. The van der Waals surface area contributed by atoms with E-state index in [2.05, 4.69) is 12.2 Å². The van der Waals surface area contributed by atoms with Crippen molar-refractivity contribution in [3.63, 3.8) is 0 Å². The minimum Gasteiger partial charge on any atom is -0.329 e. The lowest BCUT2D eigenvalue weighted by molar-refractivity contribution is 0.127. The van der Waals surface area contributed by atoms with Gasteiger partial charge in [-0.1, -0.05) is 25.7 Å². The zero-order valence-electron chi connectivity index (χ0n) is 10.8. The molecule has 0 heterocycles. The highest BCUT2D eigenvalue weighted by molar-refractivity contribution is 4.84. The maximum absolute atomic E-state index is 5.63. The van der Waals surface area contributed by atoms with Crippen molar-refractivity contribution >= 4 is 0 Å². The molecule has 2 aliphatic rings. The molecule has 4 atom stereocenters. The Kier molecular flexibility index (Phi) is 4.66. The van der Waals surface area contributed by atoms with E-state index in [-0.39, 0.29) is 0 Å². The standard InChI is InChI=1S/C14H28N2/c1-11(9-15)16-10-12-6-7-13-4-2-3-5-14(13)8-12/h11-14,16H,2-10,15H2,1H3/t11-,12?,13?,14?/m1/s1. The molecule has 94 valence electrons. The molecule has 3 unspecified atom stereocenters. The van der Waals surface area contributed by atoms with Crippen LogP contribution in [0.3, 0.4) is 0 Å². The van der Waals surface area contributed by atoms with Crippen LogP contribution < -0.4 is 11.1 Å². The molecule has 2 rings (SSSR count). The average Bonchev–Trinajstić information content (AvgIpc) is 2.35. The molecule has 0 radical (unpaired) electrons. The highest BCUT2D eigenvalue weighted by atomic mass is 14.9. The van der Waals surface area contributed by atoms with Crippen LogP contribution in [0.25, 0.3) is 0 Å². The molecule has 0 amide bonds. The van der Waals surface area contributed by atoms with Crippen LogP contribution in [0.5, 0.6) is 0 Å². The zero-order chi connectivity index (χ0) is 11.4. The fourth-order valence-corrected chi connectivity index (χ4v) is 3.61. The molecular formula is C14H28N2. The fraction of sp³-hybridized carbons (Fsp3) is 1.00. The first kappa shape index (κ1) is 12.4. The normalized spacial score (nSPS) is 36.8. The third-order valence-corrected chi connectivity index (χ3v) is 4.76. The van der Waals surface area contributed by atoms with Crippen molar-refractivity contribution in [2.75, 3.05) is 13.1 Å². The molecule has 0 aromatic carbocycles. The number of fused-ring (bicyclic) bond motifs is 1. The van der Waals surface area contributed by atoms with Gasteiger partial charge in [0.25, 0.3) is 0 Å². The maximum atomic E-state index is 5.63. The van der Waals surface area contributed by atoms with Crippen LogP contribution in [-0.2, 0) is 0 Å². The van der Waals surface area contributed by atoms with Gasteiger partial charge >= 0.3 is 0 Å². The first-order valence-corrected chi connectivity index (χ1v) is 7.23. The highest BCUT2D eigenvalue weighted by Crippen LogP contribution is 2.42. The lowest BCUT2D eigenvalue weighted by Crippen LogP contribution is -2.39. The minimum atomic E-state index is 0.490. The highest BCUT2D eigenvalue weighted by Gasteiger charge is 2.31.